The Kier molecular flexibility index (Phi) is 8.58. The Hall–Kier alpha value is -1.63. The third-order valence-corrected chi connectivity index (χ3v) is 5.79. The predicted molar refractivity (Wildman–Crippen MR) is 116 cm³/mol. The molecule has 156 valence electrons. The maximum absolute atomic E-state index is 5.24. The Bertz CT molecular complexity index is 590. The van der Waals surface area contributed by atoms with Crippen LogP contribution in [0.15, 0.2) is 35.3 Å². The van der Waals surface area contributed by atoms with Gasteiger partial charge in [-0.15, -0.1) is 0 Å². The molecule has 1 heterocycles. The van der Waals surface area contributed by atoms with Crippen molar-refractivity contribution in [2.45, 2.75) is 44.3 Å². The monoisotopic (exact) mass is 387 g/mol. The number of guanidine groups is 1. The summed E-state index contributed by atoms with van der Waals surface area (Å²) in [5.74, 6) is 0.911. The molecule has 1 aromatic carbocycles. The maximum atomic E-state index is 5.24. The van der Waals surface area contributed by atoms with Crippen LogP contribution in [-0.4, -0.2) is 81.3 Å². The van der Waals surface area contributed by atoms with E-state index in [-0.39, 0.29) is 0 Å². The zero-order valence-corrected chi connectivity index (χ0v) is 17.6. The van der Waals surface area contributed by atoms with E-state index in [4.69, 9.17) is 4.74 Å². The lowest BCUT2D eigenvalue weighted by molar-refractivity contribution is 0.144. The number of rotatable bonds is 11. The van der Waals surface area contributed by atoms with Gasteiger partial charge in [-0.1, -0.05) is 30.3 Å². The molecule has 1 aromatic rings. The number of ether oxygens (including phenoxy) is 1. The fourth-order valence-corrected chi connectivity index (χ4v) is 4.03. The zero-order valence-electron chi connectivity index (χ0n) is 17.6. The molecule has 6 nitrogen and oxygen atoms in total. The maximum Gasteiger partial charge on any atom is 0.191 e. The molecule has 0 aromatic heterocycles. The molecule has 0 spiro atoms. The first-order valence-corrected chi connectivity index (χ1v) is 10.8. The van der Waals surface area contributed by atoms with E-state index in [0.717, 1.165) is 51.3 Å². The fourth-order valence-electron chi connectivity index (χ4n) is 4.03. The van der Waals surface area contributed by atoms with E-state index in [0.29, 0.717) is 6.04 Å². The summed E-state index contributed by atoms with van der Waals surface area (Å²) in [6.07, 6.45) is 5.19. The molecule has 2 aliphatic rings. The van der Waals surface area contributed by atoms with E-state index in [1.165, 1.54) is 37.8 Å². The molecule has 0 amide bonds. The van der Waals surface area contributed by atoms with E-state index < -0.39 is 0 Å². The molecule has 3 rings (SSSR count). The lowest BCUT2D eigenvalue weighted by Gasteiger charge is -2.26. The summed E-state index contributed by atoms with van der Waals surface area (Å²) >= 11 is 0. The summed E-state index contributed by atoms with van der Waals surface area (Å²) in [5.41, 5.74) is 1.40. The molecule has 0 radical (unpaired) electrons. The highest BCUT2D eigenvalue weighted by atomic mass is 16.5. The smallest absolute Gasteiger partial charge is 0.191 e. The van der Waals surface area contributed by atoms with Gasteiger partial charge in [0.15, 0.2) is 5.96 Å². The molecule has 28 heavy (non-hydrogen) atoms. The molecule has 1 saturated carbocycles. The van der Waals surface area contributed by atoms with Crippen molar-refractivity contribution in [1.29, 1.82) is 0 Å². The second-order valence-electron chi connectivity index (χ2n) is 7.89. The van der Waals surface area contributed by atoms with Gasteiger partial charge >= 0.3 is 0 Å². The molecule has 0 bridgehead atoms. The van der Waals surface area contributed by atoms with Crippen molar-refractivity contribution in [2.24, 2.45) is 4.99 Å². The highest BCUT2D eigenvalue weighted by Gasteiger charge is 2.28. The number of nitrogens with one attached hydrogen (secondary N) is 2. The third kappa shape index (κ3) is 6.76. The first-order valence-electron chi connectivity index (χ1n) is 10.8. The Morgan fingerprint density at radius 3 is 2.71 bits per heavy atom. The third-order valence-electron chi connectivity index (χ3n) is 5.79. The second-order valence-corrected chi connectivity index (χ2v) is 7.89. The fraction of sp³-hybridized carbons (Fsp3) is 0.682. The van der Waals surface area contributed by atoms with Crippen LogP contribution in [-0.2, 0) is 11.3 Å². The molecule has 2 N–H and O–H groups in total. The highest BCUT2D eigenvalue weighted by Crippen LogP contribution is 2.26. The molecule has 1 aliphatic heterocycles. The van der Waals surface area contributed by atoms with E-state index in [1.807, 2.05) is 7.05 Å². The number of likely N-dealkylation sites (tertiary alicyclic amines) is 1. The van der Waals surface area contributed by atoms with Gasteiger partial charge < -0.3 is 15.4 Å². The van der Waals surface area contributed by atoms with Crippen molar-refractivity contribution in [3.05, 3.63) is 35.9 Å². The van der Waals surface area contributed by atoms with Crippen LogP contribution in [0, 0.1) is 0 Å². The van der Waals surface area contributed by atoms with Crippen LogP contribution >= 0.6 is 0 Å². The molecule has 6 heteroatoms. The highest BCUT2D eigenvalue weighted by molar-refractivity contribution is 5.79. The molecule has 1 saturated heterocycles. The van der Waals surface area contributed by atoms with Gasteiger partial charge in [-0.25, -0.2) is 0 Å². The zero-order chi connectivity index (χ0) is 19.6. The number of hydrogen-bond acceptors (Lipinski definition) is 4. The van der Waals surface area contributed by atoms with E-state index in [2.05, 4.69) is 55.8 Å². The van der Waals surface area contributed by atoms with Gasteiger partial charge in [-0.05, 0) is 37.8 Å². The Morgan fingerprint density at radius 1 is 1.18 bits per heavy atom. The van der Waals surface area contributed by atoms with Crippen molar-refractivity contribution in [3.63, 3.8) is 0 Å². The molecule has 1 atom stereocenters. The summed E-state index contributed by atoms with van der Waals surface area (Å²) in [6.45, 7) is 6.95. The van der Waals surface area contributed by atoms with Crippen LogP contribution in [0.2, 0.25) is 0 Å². The van der Waals surface area contributed by atoms with Crippen LogP contribution in [0.25, 0.3) is 0 Å². The predicted octanol–water partition coefficient (Wildman–Crippen LogP) is 1.93. The van der Waals surface area contributed by atoms with Crippen molar-refractivity contribution in [3.8, 4) is 0 Å². The van der Waals surface area contributed by atoms with E-state index >= 15 is 0 Å². The molecular formula is C22H37N5O. The van der Waals surface area contributed by atoms with Gasteiger partial charge in [-0.2, -0.15) is 0 Å². The van der Waals surface area contributed by atoms with Crippen LogP contribution in [0.3, 0.4) is 0 Å². The summed E-state index contributed by atoms with van der Waals surface area (Å²) in [7, 11) is 3.63. The SMILES string of the molecule is CN=C(NCCN(CCOC)C1CC1)NCC1CCCN1Cc1ccccc1. The standard InChI is InChI=1S/C22H37N5O/c1-23-22(24-12-14-26(15-16-28-2)20-10-11-20)25-17-21-9-6-13-27(21)18-19-7-4-3-5-8-19/h3-5,7-8,20-21H,6,9-18H2,1-2H3,(H2,23,24,25). The van der Waals surface area contributed by atoms with Gasteiger partial charge in [0.05, 0.1) is 6.61 Å². The Labute approximate surface area is 170 Å². The van der Waals surface area contributed by atoms with Crippen molar-refractivity contribution in [1.82, 2.24) is 20.4 Å². The average Bonchev–Trinajstić information content (AvgIpc) is 3.48. The minimum atomic E-state index is 0.573. The van der Waals surface area contributed by atoms with Gasteiger partial charge in [0.2, 0.25) is 0 Å². The van der Waals surface area contributed by atoms with Crippen LogP contribution in [0.1, 0.15) is 31.2 Å². The van der Waals surface area contributed by atoms with Crippen molar-refractivity contribution >= 4 is 5.96 Å². The van der Waals surface area contributed by atoms with Gasteiger partial charge in [0.1, 0.15) is 0 Å². The average molecular weight is 388 g/mol. The molecular weight excluding hydrogens is 350 g/mol. The molecule has 2 fully saturated rings. The largest absolute Gasteiger partial charge is 0.383 e. The number of hydrogen-bond donors (Lipinski definition) is 2. The van der Waals surface area contributed by atoms with Crippen molar-refractivity contribution in [2.75, 3.05) is 53.5 Å². The topological polar surface area (TPSA) is 52.1 Å². The lowest BCUT2D eigenvalue weighted by Crippen LogP contribution is -2.46. The van der Waals surface area contributed by atoms with Gasteiger partial charge in [0.25, 0.3) is 0 Å². The minimum absolute atomic E-state index is 0.573. The number of aliphatic imine (C=N–C) groups is 1. The number of benzene rings is 1. The summed E-state index contributed by atoms with van der Waals surface area (Å²) < 4.78 is 5.24. The molecule has 1 aliphatic carbocycles. The first kappa shape index (κ1) is 21.1. The first-order chi connectivity index (χ1) is 13.8. The summed E-state index contributed by atoms with van der Waals surface area (Å²) in [6, 6.07) is 12.1. The second kappa shape index (κ2) is 11.4. The quantitative estimate of drug-likeness (QED) is 0.449. The van der Waals surface area contributed by atoms with Gasteiger partial charge in [0, 0.05) is 59.0 Å². The number of methoxy groups -OCH3 is 1. The van der Waals surface area contributed by atoms with Crippen LogP contribution in [0.4, 0.5) is 0 Å². The van der Waals surface area contributed by atoms with Gasteiger partial charge in [-0.3, -0.25) is 14.8 Å². The summed E-state index contributed by atoms with van der Waals surface area (Å²) in [5, 5.41) is 7.03. The molecule has 1 unspecified atom stereocenters. The minimum Gasteiger partial charge on any atom is -0.383 e. The number of nitrogens with zero attached hydrogens (tertiary/aromatic N) is 3. The van der Waals surface area contributed by atoms with E-state index in [9.17, 15) is 0 Å². The van der Waals surface area contributed by atoms with Crippen LogP contribution < -0.4 is 10.6 Å². The lowest BCUT2D eigenvalue weighted by atomic mass is 10.2. The van der Waals surface area contributed by atoms with Crippen LogP contribution in [0.5, 0.6) is 0 Å². The Morgan fingerprint density at radius 2 is 2.00 bits per heavy atom. The van der Waals surface area contributed by atoms with E-state index in [1.54, 1.807) is 7.11 Å². The summed E-state index contributed by atoms with van der Waals surface area (Å²) in [4.78, 5) is 9.53. The van der Waals surface area contributed by atoms with Crippen molar-refractivity contribution < 1.29 is 4.74 Å². The Balaban J connectivity index is 1.38. The normalized spacial score (nSPS) is 20.7.